The molecule has 5 aromatic rings. The van der Waals surface area contributed by atoms with Crippen LogP contribution in [0.5, 0.6) is 11.8 Å². The van der Waals surface area contributed by atoms with Gasteiger partial charge in [-0.25, -0.2) is 9.59 Å². The second-order valence-corrected chi connectivity index (χ2v) is 11.2. The minimum absolute atomic E-state index is 0.0248. The van der Waals surface area contributed by atoms with E-state index < -0.39 is 17.0 Å². The number of nitrogens with one attached hydrogen (secondary N) is 1. The van der Waals surface area contributed by atoms with Gasteiger partial charge in [-0.15, -0.1) is 11.8 Å². The molecular formula is C31H26N6O6S. The van der Waals surface area contributed by atoms with Gasteiger partial charge in [-0.2, -0.15) is 15.0 Å². The van der Waals surface area contributed by atoms with Gasteiger partial charge in [0.2, 0.25) is 17.8 Å². The lowest BCUT2D eigenvalue weighted by atomic mass is 10.1. The van der Waals surface area contributed by atoms with Crippen LogP contribution in [0, 0.1) is 6.92 Å². The number of fused-ring (bicyclic) bond motifs is 1. The van der Waals surface area contributed by atoms with E-state index in [-0.39, 0.29) is 29.2 Å². The highest BCUT2D eigenvalue weighted by Gasteiger charge is 2.36. The number of amides is 1. The fraction of sp³-hybridized carbons (Fsp3) is 0.161. The van der Waals surface area contributed by atoms with Crippen LogP contribution in [0.2, 0.25) is 0 Å². The number of carboxylic acid groups (broad SMARTS) is 1. The van der Waals surface area contributed by atoms with Crippen molar-refractivity contribution < 1.29 is 23.8 Å². The van der Waals surface area contributed by atoms with Crippen molar-refractivity contribution in [1.82, 2.24) is 15.0 Å². The van der Waals surface area contributed by atoms with Gasteiger partial charge in [0.25, 0.3) is 0 Å². The van der Waals surface area contributed by atoms with E-state index in [9.17, 15) is 19.5 Å². The quantitative estimate of drug-likeness (QED) is 0.218. The first kappa shape index (κ1) is 28.7. The van der Waals surface area contributed by atoms with Crippen LogP contribution in [0.3, 0.4) is 0 Å². The van der Waals surface area contributed by atoms with Gasteiger partial charge in [-0.1, -0.05) is 18.2 Å². The van der Waals surface area contributed by atoms with Gasteiger partial charge in [-0.05, 0) is 60.5 Å². The molecule has 222 valence electrons. The number of benzene rings is 3. The summed E-state index contributed by atoms with van der Waals surface area (Å²) in [5, 5.41) is 13.2. The molecule has 3 aromatic carbocycles. The molecule has 0 radical (unpaired) electrons. The van der Waals surface area contributed by atoms with Gasteiger partial charge in [0.1, 0.15) is 16.7 Å². The third-order valence-corrected chi connectivity index (χ3v) is 8.06. The summed E-state index contributed by atoms with van der Waals surface area (Å²) in [7, 11) is 3.57. The van der Waals surface area contributed by atoms with Crippen molar-refractivity contribution in [2.24, 2.45) is 0 Å². The average Bonchev–Trinajstić information content (AvgIpc) is 3.38. The Kier molecular flexibility index (Phi) is 7.62. The fourth-order valence-electron chi connectivity index (χ4n) is 4.80. The molecule has 1 fully saturated rings. The Morgan fingerprint density at radius 3 is 2.57 bits per heavy atom. The Hall–Kier alpha value is -5.43. The number of aromatic carboxylic acids is 1. The molecular weight excluding hydrogens is 584 g/mol. The van der Waals surface area contributed by atoms with E-state index in [4.69, 9.17) is 9.15 Å². The number of aryl methyl sites for hydroxylation is 1. The predicted octanol–water partition coefficient (Wildman–Crippen LogP) is 5.37. The summed E-state index contributed by atoms with van der Waals surface area (Å²) in [6.45, 7) is 1.83. The standard InChI is InChI=1S/C31H26N6O6S/c1-17-14-26(39)43-24-15-20(12-13-21(17)24)42-31-34-29(33-30(35-31)36(2)3)32-18-8-10-19(11-9-18)37-25(38)16-44-27(37)22-6-4-5-7-23(22)28(40)41/h4-15,27H,16H2,1-3H3,(H,40,41)(H,32,33,34,35). The second-order valence-electron chi connectivity index (χ2n) is 10.1. The number of rotatable bonds is 8. The van der Waals surface area contributed by atoms with Crippen LogP contribution < -0.4 is 25.5 Å². The van der Waals surface area contributed by atoms with Gasteiger partial charge >= 0.3 is 17.6 Å². The Morgan fingerprint density at radius 2 is 1.82 bits per heavy atom. The summed E-state index contributed by atoms with van der Waals surface area (Å²) < 4.78 is 11.3. The maximum absolute atomic E-state index is 12.9. The molecule has 0 spiro atoms. The average molecular weight is 611 g/mol. The van der Waals surface area contributed by atoms with E-state index in [1.165, 1.54) is 17.8 Å². The van der Waals surface area contributed by atoms with Crippen LogP contribution >= 0.6 is 11.8 Å². The molecule has 0 saturated carbocycles. The number of hydrogen-bond acceptors (Lipinski definition) is 11. The van der Waals surface area contributed by atoms with Crippen LogP contribution in [0.4, 0.5) is 23.3 Å². The number of anilines is 4. The SMILES string of the molecule is Cc1cc(=O)oc2cc(Oc3nc(Nc4ccc(N5C(=O)CSC5c5ccccc5C(=O)O)cc4)nc(N(C)C)n3)ccc12. The molecule has 1 atom stereocenters. The number of ether oxygens (including phenoxy) is 1. The lowest BCUT2D eigenvalue weighted by molar-refractivity contribution is -0.115. The fourth-order valence-corrected chi connectivity index (χ4v) is 6.01. The first-order chi connectivity index (χ1) is 21.2. The lowest BCUT2D eigenvalue weighted by Gasteiger charge is -2.25. The van der Waals surface area contributed by atoms with E-state index in [2.05, 4.69) is 20.3 Å². The molecule has 1 saturated heterocycles. The third kappa shape index (κ3) is 5.77. The Labute approximate surface area is 255 Å². The number of carbonyl (C=O) groups is 2. The minimum atomic E-state index is -1.04. The molecule has 44 heavy (non-hydrogen) atoms. The van der Waals surface area contributed by atoms with Crippen molar-refractivity contribution in [3.63, 3.8) is 0 Å². The van der Waals surface area contributed by atoms with Crippen LogP contribution in [0.15, 0.2) is 82.0 Å². The highest BCUT2D eigenvalue weighted by molar-refractivity contribution is 8.00. The van der Waals surface area contributed by atoms with Gasteiger partial charge in [0, 0.05) is 43.0 Å². The molecule has 3 heterocycles. The highest BCUT2D eigenvalue weighted by Crippen LogP contribution is 2.43. The number of thioether (sulfide) groups is 1. The molecule has 0 bridgehead atoms. The van der Waals surface area contributed by atoms with Crippen molar-refractivity contribution in [2.45, 2.75) is 12.3 Å². The van der Waals surface area contributed by atoms with Crippen molar-refractivity contribution in [3.8, 4) is 11.8 Å². The minimum Gasteiger partial charge on any atom is -0.478 e. The van der Waals surface area contributed by atoms with E-state index in [0.29, 0.717) is 34.2 Å². The molecule has 1 unspecified atom stereocenters. The van der Waals surface area contributed by atoms with Gasteiger partial charge in [-0.3, -0.25) is 9.69 Å². The number of aromatic nitrogens is 3. The van der Waals surface area contributed by atoms with Crippen LogP contribution in [-0.4, -0.2) is 51.8 Å². The van der Waals surface area contributed by atoms with Gasteiger partial charge in [0.15, 0.2) is 0 Å². The molecule has 2 N–H and O–H groups in total. The zero-order valence-electron chi connectivity index (χ0n) is 23.8. The molecule has 2 aromatic heterocycles. The second kappa shape index (κ2) is 11.7. The lowest BCUT2D eigenvalue weighted by Crippen LogP contribution is -2.28. The molecule has 6 rings (SSSR count). The van der Waals surface area contributed by atoms with Gasteiger partial charge < -0.3 is 24.5 Å². The number of carboxylic acids is 1. The number of hydrogen-bond donors (Lipinski definition) is 2. The zero-order valence-corrected chi connectivity index (χ0v) is 24.7. The Morgan fingerprint density at radius 1 is 1.05 bits per heavy atom. The third-order valence-electron chi connectivity index (χ3n) is 6.86. The molecule has 13 heteroatoms. The summed E-state index contributed by atoms with van der Waals surface area (Å²) in [4.78, 5) is 53.1. The van der Waals surface area contributed by atoms with Crippen molar-refractivity contribution in [3.05, 3.63) is 99.9 Å². The van der Waals surface area contributed by atoms with Crippen molar-refractivity contribution in [1.29, 1.82) is 0 Å². The first-order valence-corrected chi connectivity index (χ1v) is 14.5. The maximum Gasteiger partial charge on any atom is 0.336 e. The summed E-state index contributed by atoms with van der Waals surface area (Å²) in [5.41, 5.74) is 2.72. The predicted molar refractivity (Wildman–Crippen MR) is 167 cm³/mol. The molecule has 1 aliphatic heterocycles. The number of nitrogens with zero attached hydrogens (tertiary/aromatic N) is 5. The van der Waals surface area contributed by atoms with E-state index in [1.54, 1.807) is 90.6 Å². The summed E-state index contributed by atoms with van der Waals surface area (Å²) in [6.07, 6.45) is 0. The van der Waals surface area contributed by atoms with E-state index >= 15 is 0 Å². The Bertz CT molecular complexity index is 1960. The van der Waals surface area contributed by atoms with Crippen LogP contribution in [-0.2, 0) is 4.79 Å². The van der Waals surface area contributed by atoms with Gasteiger partial charge in [0.05, 0.1) is 11.3 Å². The highest BCUT2D eigenvalue weighted by atomic mass is 32.2. The maximum atomic E-state index is 12.9. The number of carbonyl (C=O) groups excluding carboxylic acids is 1. The monoisotopic (exact) mass is 610 g/mol. The largest absolute Gasteiger partial charge is 0.478 e. The summed E-state index contributed by atoms with van der Waals surface area (Å²) in [6, 6.07) is 20.4. The zero-order chi connectivity index (χ0) is 31.0. The normalized spacial score (nSPS) is 14.6. The van der Waals surface area contributed by atoms with E-state index in [1.807, 2.05) is 6.92 Å². The van der Waals surface area contributed by atoms with Crippen LogP contribution in [0.25, 0.3) is 11.0 Å². The van der Waals surface area contributed by atoms with Crippen molar-refractivity contribution >= 4 is 57.9 Å². The Balaban J connectivity index is 1.25. The van der Waals surface area contributed by atoms with E-state index in [0.717, 1.165) is 10.9 Å². The summed E-state index contributed by atoms with van der Waals surface area (Å²) >= 11 is 1.38. The summed E-state index contributed by atoms with van der Waals surface area (Å²) in [5.74, 6) is 0.0268. The topological polar surface area (TPSA) is 151 Å². The van der Waals surface area contributed by atoms with Crippen molar-refractivity contribution in [2.75, 3.05) is 35.0 Å². The van der Waals surface area contributed by atoms with Crippen LogP contribution in [0.1, 0.15) is 26.9 Å². The molecule has 12 nitrogen and oxygen atoms in total. The first-order valence-electron chi connectivity index (χ1n) is 13.4. The molecule has 0 aliphatic carbocycles. The molecule has 1 amide bonds. The molecule has 1 aliphatic rings. The smallest absolute Gasteiger partial charge is 0.336 e.